The molecule has 4 heteroatoms. The predicted molar refractivity (Wildman–Crippen MR) is 83.4 cm³/mol. The molecule has 0 aliphatic rings. The lowest BCUT2D eigenvalue weighted by Gasteiger charge is -2.14. The number of ether oxygens (including phenoxy) is 1. The van der Waals surface area contributed by atoms with Crippen LogP contribution < -0.4 is 4.74 Å². The van der Waals surface area contributed by atoms with Crippen LogP contribution in [0, 0.1) is 6.92 Å². The highest BCUT2D eigenvalue weighted by molar-refractivity contribution is 7.19. The van der Waals surface area contributed by atoms with Crippen LogP contribution in [-0.4, -0.2) is 16.1 Å². The molecule has 2 heterocycles. The summed E-state index contributed by atoms with van der Waals surface area (Å²) in [6.07, 6.45) is 3.62. The van der Waals surface area contributed by atoms with Crippen molar-refractivity contribution in [1.82, 2.24) is 9.97 Å². The van der Waals surface area contributed by atoms with Crippen LogP contribution in [-0.2, 0) is 0 Å². The molecule has 0 radical (unpaired) electrons. The fourth-order valence-electron chi connectivity index (χ4n) is 2.31. The number of nitrogens with zero attached hydrogens (tertiary/aromatic N) is 2. The minimum atomic E-state index is 0.149. The molecule has 3 rings (SSSR count). The fraction of sp³-hybridized carbons (Fsp3) is 0.250. The summed E-state index contributed by atoms with van der Waals surface area (Å²) >= 11 is 1.72. The number of aromatic nitrogens is 2. The third kappa shape index (κ3) is 2.27. The van der Waals surface area contributed by atoms with E-state index >= 15 is 0 Å². The van der Waals surface area contributed by atoms with E-state index in [2.05, 4.69) is 23.0 Å². The first kappa shape index (κ1) is 13.1. The summed E-state index contributed by atoms with van der Waals surface area (Å²) in [5.41, 5.74) is 3.26. The van der Waals surface area contributed by atoms with Crippen LogP contribution in [0.5, 0.6) is 5.75 Å². The molecule has 20 heavy (non-hydrogen) atoms. The van der Waals surface area contributed by atoms with Gasteiger partial charge in [-0.25, -0.2) is 9.97 Å². The Balaban J connectivity index is 2.23. The average molecular weight is 284 g/mol. The van der Waals surface area contributed by atoms with Gasteiger partial charge in [0, 0.05) is 22.2 Å². The van der Waals surface area contributed by atoms with Crippen LogP contribution in [0.4, 0.5) is 0 Å². The summed E-state index contributed by atoms with van der Waals surface area (Å²) < 4.78 is 7.04. The van der Waals surface area contributed by atoms with Gasteiger partial charge >= 0.3 is 0 Å². The highest BCUT2D eigenvalue weighted by Gasteiger charge is 2.16. The van der Waals surface area contributed by atoms with E-state index in [0.29, 0.717) is 0 Å². The predicted octanol–water partition coefficient (Wildman–Crippen LogP) is 4.45. The maximum Gasteiger partial charge on any atom is 0.127 e. The standard InChI is InChI=1S/C16H16N2OS/c1-10(2)19-13-7-5-4-6-12(13)15-11(3)20-14-8-17-9-18-16(14)15/h4-10H,1-3H3. The van der Waals surface area contributed by atoms with Gasteiger partial charge in [-0.3, -0.25) is 0 Å². The van der Waals surface area contributed by atoms with Crippen molar-refractivity contribution in [3.63, 3.8) is 0 Å². The molecule has 3 aromatic rings. The zero-order valence-electron chi connectivity index (χ0n) is 11.8. The highest BCUT2D eigenvalue weighted by atomic mass is 32.1. The van der Waals surface area contributed by atoms with Gasteiger partial charge in [0.15, 0.2) is 0 Å². The Kier molecular flexibility index (Phi) is 3.40. The van der Waals surface area contributed by atoms with E-state index < -0.39 is 0 Å². The lowest BCUT2D eigenvalue weighted by atomic mass is 10.0. The van der Waals surface area contributed by atoms with Crippen molar-refractivity contribution in [3.05, 3.63) is 41.7 Å². The van der Waals surface area contributed by atoms with Crippen molar-refractivity contribution in [3.8, 4) is 16.9 Å². The van der Waals surface area contributed by atoms with Gasteiger partial charge in [0.25, 0.3) is 0 Å². The van der Waals surface area contributed by atoms with Gasteiger partial charge < -0.3 is 4.74 Å². The average Bonchev–Trinajstić information content (AvgIpc) is 2.75. The largest absolute Gasteiger partial charge is 0.490 e. The molecule has 0 fully saturated rings. The topological polar surface area (TPSA) is 35.0 Å². The van der Waals surface area contributed by atoms with E-state index in [9.17, 15) is 0 Å². The third-order valence-corrected chi connectivity index (χ3v) is 4.08. The molecule has 0 saturated carbocycles. The van der Waals surface area contributed by atoms with E-state index in [4.69, 9.17) is 4.74 Å². The Hall–Kier alpha value is -1.94. The molecule has 0 aliphatic heterocycles. The Morgan fingerprint density at radius 2 is 2.00 bits per heavy atom. The van der Waals surface area contributed by atoms with Crippen molar-refractivity contribution in [2.45, 2.75) is 26.9 Å². The lowest BCUT2D eigenvalue weighted by Crippen LogP contribution is -2.06. The van der Waals surface area contributed by atoms with Gasteiger partial charge in [0.1, 0.15) is 12.1 Å². The van der Waals surface area contributed by atoms with Gasteiger partial charge in [0.2, 0.25) is 0 Å². The van der Waals surface area contributed by atoms with E-state index in [0.717, 1.165) is 27.1 Å². The minimum absolute atomic E-state index is 0.149. The minimum Gasteiger partial charge on any atom is -0.490 e. The van der Waals surface area contributed by atoms with E-state index in [-0.39, 0.29) is 6.10 Å². The molecule has 0 bridgehead atoms. The molecule has 0 unspecified atom stereocenters. The van der Waals surface area contributed by atoms with Crippen LogP contribution in [0.2, 0.25) is 0 Å². The van der Waals surface area contributed by atoms with Crippen molar-refractivity contribution in [2.75, 3.05) is 0 Å². The molecule has 0 N–H and O–H groups in total. The van der Waals surface area contributed by atoms with Crippen LogP contribution in [0.15, 0.2) is 36.8 Å². The number of aryl methyl sites for hydroxylation is 1. The lowest BCUT2D eigenvalue weighted by molar-refractivity contribution is 0.243. The molecule has 0 atom stereocenters. The maximum absolute atomic E-state index is 5.93. The number of para-hydroxylation sites is 1. The molecule has 0 spiro atoms. The van der Waals surface area contributed by atoms with Crippen molar-refractivity contribution in [2.24, 2.45) is 0 Å². The summed E-state index contributed by atoms with van der Waals surface area (Å²) in [5, 5.41) is 0. The summed E-state index contributed by atoms with van der Waals surface area (Å²) in [6.45, 7) is 6.20. The number of rotatable bonds is 3. The van der Waals surface area contributed by atoms with Gasteiger partial charge in [-0.05, 0) is 26.8 Å². The number of benzene rings is 1. The molecule has 1 aromatic carbocycles. The van der Waals surface area contributed by atoms with E-state index in [1.807, 2.05) is 38.2 Å². The normalized spacial score (nSPS) is 11.2. The van der Waals surface area contributed by atoms with Gasteiger partial charge in [0.05, 0.1) is 16.3 Å². The first-order chi connectivity index (χ1) is 9.66. The summed E-state index contributed by atoms with van der Waals surface area (Å²) in [7, 11) is 0. The summed E-state index contributed by atoms with van der Waals surface area (Å²) in [4.78, 5) is 9.78. The van der Waals surface area contributed by atoms with Crippen molar-refractivity contribution >= 4 is 21.6 Å². The molecular weight excluding hydrogens is 268 g/mol. The Bertz CT molecular complexity index is 749. The maximum atomic E-state index is 5.93. The molecular formula is C16H16N2OS. The molecule has 0 amide bonds. The number of hydrogen-bond donors (Lipinski definition) is 0. The quantitative estimate of drug-likeness (QED) is 0.712. The van der Waals surface area contributed by atoms with E-state index in [1.54, 1.807) is 17.7 Å². The summed E-state index contributed by atoms with van der Waals surface area (Å²) in [6, 6.07) is 8.14. The van der Waals surface area contributed by atoms with Crippen molar-refractivity contribution in [1.29, 1.82) is 0 Å². The number of fused-ring (bicyclic) bond motifs is 1. The van der Waals surface area contributed by atoms with Crippen LogP contribution in [0.1, 0.15) is 18.7 Å². The first-order valence-corrected chi connectivity index (χ1v) is 7.43. The van der Waals surface area contributed by atoms with Gasteiger partial charge in [-0.2, -0.15) is 0 Å². The zero-order valence-corrected chi connectivity index (χ0v) is 12.6. The third-order valence-electron chi connectivity index (χ3n) is 3.05. The smallest absolute Gasteiger partial charge is 0.127 e. The molecule has 0 saturated heterocycles. The van der Waals surface area contributed by atoms with Gasteiger partial charge in [-0.1, -0.05) is 18.2 Å². The number of hydrogen-bond acceptors (Lipinski definition) is 4. The second-order valence-electron chi connectivity index (χ2n) is 4.93. The summed E-state index contributed by atoms with van der Waals surface area (Å²) in [5.74, 6) is 0.906. The highest BCUT2D eigenvalue weighted by Crippen LogP contribution is 2.40. The molecule has 2 aromatic heterocycles. The van der Waals surface area contributed by atoms with Crippen molar-refractivity contribution < 1.29 is 4.74 Å². The van der Waals surface area contributed by atoms with Crippen LogP contribution >= 0.6 is 11.3 Å². The molecule has 0 aliphatic carbocycles. The van der Waals surface area contributed by atoms with Crippen LogP contribution in [0.25, 0.3) is 21.3 Å². The fourth-order valence-corrected chi connectivity index (χ4v) is 3.31. The first-order valence-electron chi connectivity index (χ1n) is 6.62. The Morgan fingerprint density at radius 3 is 2.80 bits per heavy atom. The van der Waals surface area contributed by atoms with Crippen LogP contribution in [0.3, 0.4) is 0 Å². The zero-order chi connectivity index (χ0) is 14.1. The molecule has 102 valence electrons. The second kappa shape index (κ2) is 5.21. The monoisotopic (exact) mass is 284 g/mol. The molecule has 3 nitrogen and oxygen atoms in total. The Labute approximate surface area is 122 Å². The number of thiophene rings is 1. The second-order valence-corrected chi connectivity index (χ2v) is 6.19. The SMILES string of the molecule is Cc1sc2cncnc2c1-c1ccccc1OC(C)C. The Morgan fingerprint density at radius 1 is 1.20 bits per heavy atom. The van der Waals surface area contributed by atoms with E-state index in [1.165, 1.54) is 4.88 Å². The van der Waals surface area contributed by atoms with Gasteiger partial charge in [-0.15, -0.1) is 11.3 Å².